The average molecular weight is 411 g/mol. The van der Waals surface area contributed by atoms with Gasteiger partial charge in [-0.2, -0.15) is 4.31 Å². The van der Waals surface area contributed by atoms with Crippen molar-refractivity contribution in [2.75, 3.05) is 19.7 Å². The number of nitrogens with one attached hydrogen (secondary N) is 1. The molecule has 0 bridgehead atoms. The molecule has 2 rings (SSSR count). The molecule has 1 aliphatic heterocycles. The lowest BCUT2D eigenvalue weighted by atomic mass is 10.1. The molecule has 1 N–H and O–H groups in total. The zero-order chi connectivity index (χ0) is 20.9. The summed E-state index contributed by atoms with van der Waals surface area (Å²) in [6.45, 7) is 8.12. The molecule has 1 heterocycles. The number of carbonyl (C=O) groups is 2. The minimum absolute atomic E-state index is 0.0362. The monoisotopic (exact) mass is 410 g/mol. The van der Waals surface area contributed by atoms with Gasteiger partial charge in [-0.3, -0.25) is 4.79 Å². The summed E-state index contributed by atoms with van der Waals surface area (Å²) in [7, 11) is -3.65. The molecule has 0 radical (unpaired) electrons. The molecule has 1 amide bonds. The van der Waals surface area contributed by atoms with Gasteiger partial charge in [0, 0.05) is 19.1 Å². The topological polar surface area (TPSA) is 92.8 Å². The molecule has 1 fully saturated rings. The quantitative estimate of drug-likeness (QED) is 0.697. The van der Waals surface area contributed by atoms with Crippen molar-refractivity contribution >= 4 is 21.9 Å². The van der Waals surface area contributed by atoms with E-state index in [1.807, 2.05) is 20.8 Å². The van der Waals surface area contributed by atoms with Crippen molar-refractivity contribution in [2.24, 2.45) is 5.92 Å². The fourth-order valence-corrected chi connectivity index (χ4v) is 4.45. The largest absolute Gasteiger partial charge is 0.452 e. The molecule has 1 saturated heterocycles. The maximum absolute atomic E-state index is 12.8. The Balaban J connectivity index is 2.10. The van der Waals surface area contributed by atoms with Crippen LogP contribution in [0.25, 0.3) is 0 Å². The van der Waals surface area contributed by atoms with E-state index in [-0.39, 0.29) is 28.3 Å². The number of hydrogen-bond donors (Lipinski definition) is 1. The van der Waals surface area contributed by atoms with Gasteiger partial charge in [0.1, 0.15) is 0 Å². The third-order valence-corrected chi connectivity index (χ3v) is 7.00. The van der Waals surface area contributed by atoms with Crippen molar-refractivity contribution in [2.45, 2.75) is 57.9 Å². The highest BCUT2D eigenvalue weighted by Crippen LogP contribution is 2.23. The van der Waals surface area contributed by atoms with Gasteiger partial charge in [-0.25, -0.2) is 13.2 Å². The van der Waals surface area contributed by atoms with Crippen LogP contribution in [0, 0.1) is 12.8 Å². The van der Waals surface area contributed by atoms with Crippen LogP contribution < -0.4 is 5.32 Å². The van der Waals surface area contributed by atoms with Crippen LogP contribution in [-0.4, -0.2) is 50.3 Å². The minimum atomic E-state index is -3.65. The average Bonchev–Trinajstić information content (AvgIpc) is 2.66. The van der Waals surface area contributed by atoms with Crippen molar-refractivity contribution < 1.29 is 22.7 Å². The number of amides is 1. The Labute approximate surface area is 167 Å². The second-order valence-corrected chi connectivity index (χ2v) is 9.56. The van der Waals surface area contributed by atoms with Gasteiger partial charge in [-0.15, -0.1) is 0 Å². The summed E-state index contributed by atoms with van der Waals surface area (Å²) in [4.78, 5) is 24.4. The fourth-order valence-electron chi connectivity index (χ4n) is 2.91. The summed E-state index contributed by atoms with van der Waals surface area (Å²) < 4.78 is 32.2. The Kier molecular flexibility index (Phi) is 7.60. The zero-order valence-corrected chi connectivity index (χ0v) is 17.8. The van der Waals surface area contributed by atoms with Crippen LogP contribution >= 0.6 is 0 Å². The summed E-state index contributed by atoms with van der Waals surface area (Å²) in [5.41, 5.74) is 0.751. The molecule has 7 nitrogen and oxygen atoms in total. The highest BCUT2D eigenvalue weighted by Gasteiger charge is 2.27. The molecule has 1 aromatic carbocycles. The number of ether oxygens (including phenoxy) is 1. The number of hydrogen-bond acceptors (Lipinski definition) is 5. The fraction of sp³-hybridized carbons (Fsp3) is 0.600. The first-order chi connectivity index (χ1) is 13.1. The number of carbonyl (C=O) groups excluding carboxylic acids is 2. The molecule has 0 aromatic heterocycles. The second-order valence-electron chi connectivity index (χ2n) is 7.62. The van der Waals surface area contributed by atoms with Crippen LogP contribution in [0.3, 0.4) is 0 Å². The third-order valence-electron chi connectivity index (χ3n) is 5.10. The lowest BCUT2D eigenvalue weighted by Gasteiger charge is -2.26. The molecular formula is C20H30N2O5S. The van der Waals surface area contributed by atoms with E-state index >= 15 is 0 Å². The SMILES string of the molecule is Cc1ccc(S(=O)(=O)N2CCCCC2)cc1C(=O)OCC(=O)NC(C)C(C)C. The smallest absolute Gasteiger partial charge is 0.338 e. The summed E-state index contributed by atoms with van der Waals surface area (Å²) in [6.07, 6.45) is 2.70. The molecule has 1 atom stereocenters. The number of esters is 1. The van der Waals surface area contributed by atoms with Gasteiger partial charge in [0.05, 0.1) is 10.5 Å². The molecule has 0 saturated carbocycles. The summed E-state index contributed by atoms with van der Waals surface area (Å²) in [5, 5.41) is 2.76. The first-order valence-electron chi connectivity index (χ1n) is 9.70. The first-order valence-corrected chi connectivity index (χ1v) is 11.1. The highest BCUT2D eigenvalue weighted by atomic mass is 32.2. The van der Waals surface area contributed by atoms with Crippen LogP contribution in [0.5, 0.6) is 0 Å². The normalized spacial score (nSPS) is 16.6. The van der Waals surface area contributed by atoms with Crippen molar-refractivity contribution in [1.82, 2.24) is 9.62 Å². The van der Waals surface area contributed by atoms with Gasteiger partial charge < -0.3 is 10.1 Å². The number of piperidine rings is 1. The molecule has 0 aliphatic carbocycles. The van der Waals surface area contributed by atoms with Crippen molar-refractivity contribution in [3.8, 4) is 0 Å². The Bertz CT molecular complexity index is 814. The van der Waals surface area contributed by atoms with Gasteiger partial charge in [0.15, 0.2) is 6.61 Å². The lowest BCUT2D eigenvalue weighted by Crippen LogP contribution is -2.38. The van der Waals surface area contributed by atoms with E-state index < -0.39 is 22.6 Å². The van der Waals surface area contributed by atoms with E-state index in [1.54, 1.807) is 13.0 Å². The van der Waals surface area contributed by atoms with E-state index in [0.717, 1.165) is 19.3 Å². The number of nitrogens with zero attached hydrogens (tertiary/aromatic N) is 1. The van der Waals surface area contributed by atoms with Crippen LogP contribution in [0.15, 0.2) is 23.1 Å². The van der Waals surface area contributed by atoms with Crippen LogP contribution in [0.2, 0.25) is 0 Å². The molecule has 0 spiro atoms. The molecule has 8 heteroatoms. The molecule has 28 heavy (non-hydrogen) atoms. The van der Waals surface area contributed by atoms with E-state index in [0.29, 0.717) is 18.7 Å². The van der Waals surface area contributed by atoms with Gasteiger partial charge in [-0.05, 0) is 50.3 Å². The van der Waals surface area contributed by atoms with E-state index in [9.17, 15) is 18.0 Å². The van der Waals surface area contributed by atoms with E-state index in [1.165, 1.54) is 16.4 Å². The number of aryl methyl sites for hydroxylation is 1. The van der Waals surface area contributed by atoms with Crippen molar-refractivity contribution in [3.05, 3.63) is 29.3 Å². The van der Waals surface area contributed by atoms with Crippen LogP contribution in [0.4, 0.5) is 0 Å². The lowest BCUT2D eigenvalue weighted by molar-refractivity contribution is -0.125. The van der Waals surface area contributed by atoms with Gasteiger partial charge in [-0.1, -0.05) is 26.3 Å². The summed E-state index contributed by atoms with van der Waals surface area (Å²) >= 11 is 0. The maximum atomic E-state index is 12.8. The summed E-state index contributed by atoms with van der Waals surface area (Å²) in [6, 6.07) is 4.41. The Morgan fingerprint density at radius 1 is 1.14 bits per heavy atom. The van der Waals surface area contributed by atoms with E-state index in [4.69, 9.17) is 4.74 Å². The molecule has 1 aromatic rings. The predicted octanol–water partition coefficient (Wildman–Crippen LogP) is 2.49. The predicted molar refractivity (Wildman–Crippen MR) is 107 cm³/mol. The van der Waals surface area contributed by atoms with Crippen molar-refractivity contribution in [3.63, 3.8) is 0 Å². The Morgan fingerprint density at radius 3 is 2.39 bits per heavy atom. The minimum Gasteiger partial charge on any atom is -0.452 e. The van der Waals surface area contributed by atoms with Crippen LogP contribution in [0.1, 0.15) is 56.0 Å². The van der Waals surface area contributed by atoms with Gasteiger partial charge in [0.2, 0.25) is 10.0 Å². The first kappa shape index (κ1) is 22.4. The highest BCUT2D eigenvalue weighted by molar-refractivity contribution is 7.89. The van der Waals surface area contributed by atoms with Crippen LogP contribution in [-0.2, 0) is 19.6 Å². The number of benzene rings is 1. The Morgan fingerprint density at radius 2 is 1.79 bits per heavy atom. The Hall–Kier alpha value is -1.93. The molecule has 156 valence electrons. The van der Waals surface area contributed by atoms with Gasteiger partial charge in [0.25, 0.3) is 5.91 Å². The van der Waals surface area contributed by atoms with Gasteiger partial charge >= 0.3 is 5.97 Å². The number of rotatable bonds is 7. The standard InChI is InChI=1S/C20H30N2O5S/c1-14(2)16(4)21-19(23)13-27-20(24)18-12-17(9-8-15(18)3)28(25,26)22-10-6-5-7-11-22/h8-9,12,14,16H,5-7,10-11,13H2,1-4H3,(H,21,23). The summed E-state index contributed by atoms with van der Waals surface area (Å²) in [5.74, 6) is -0.830. The molecule has 1 unspecified atom stereocenters. The van der Waals surface area contributed by atoms with Crippen molar-refractivity contribution in [1.29, 1.82) is 0 Å². The third kappa shape index (κ3) is 5.54. The van der Waals surface area contributed by atoms with E-state index in [2.05, 4.69) is 5.32 Å². The second kappa shape index (κ2) is 9.52. The number of sulfonamides is 1. The maximum Gasteiger partial charge on any atom is 0.338 e. The zero-order valence-electron chi connectivity index (χ0n) is 17.0. The molecular weight excluding hydrogens is 380 g/mol. The molecule has 1 aliphatic rings.